The van der Waals surface area contributed by atoms with Gasteiger partial charge in [-0.3, -0.25) is 4.79 Å². The van der Waals surface area contributed by atoms with Gasteiger partial charge in [0, 0.05) is 31.7 Å². The van der Waals surface area contributed by atoms with Crippen LogP contribution in [0.1, 0.15) is 41.6 Å². The summed E-state index contributed by atoms with van der Waals surface area (Å²) in [5.74, 6) is 1.89. The molecule has 1 fully saturated rings. The summed E-state index contributed by atoms with van der Waals surface area (Å²) < 4.78 is 0. The number of nitrogens with one attached hydrogen (secondary N) is 4. The standard InChI is InChI=1S/C22H33N8O2/c23-8-9-25-21(31)18-3-1-2-17(10-18)13-27-22-28-14-19(30-32)20(29-22)26-12-16-6-4-15(11-24)5-7-16/h1-3,10,14-16,30H,4-9,11-13,23-24H2,(H,25,31)(H2,26,27,28,29)/q-1. The molecule has 174 valence electrons. The molecule has 10 nitrogen and oxygen atoms in total. The molecule has 3 rings (SSSR count). The third-order valence-electron chi connectivity index (χ3n) is 5.83. The summed E-state index contributed by atoms with van der Waals surface area (Å²) in [6, 6.07) is 7.30. The SMILES string of the molecule is NCCNC(=O)c1cccc(CNc2ncc(N[O-])c(NCC3CCC(CN)CC3)n2)c1. The van der Waals surface area contributed by atoms with Crippen molar-refractivity contribution in [1.29, 1.82) is 0 Å². The number of hydrogen-bond donors (Lipinski definition) is 6. The second-order valence-corrected chi connectivity index (χ2v) is 8.16. The number of benzene rings is 1. The fraction of sp³-hybridized carbons (Fsp3) is 0.500. The van der Waals surface area contributed by atoms with Gasteiger partial charge in [-0.25, -0.2) is 4.98 Å². The zero-order valence-electron chi connectivity index (χ0n) is 18.3. The molecule has 1 aliphatic carbocycles. The summed E-state index contributed by atoms with van der Waals surface area (Å²) in [7, 11) is 0. The van der Waals surface area contributed by atoms with Crippen LogP contribution in [0.5, 0.6) is 0 Å². The Morgan fingerprint density at radius 2 is 1.91 bits per heavy atom. The molecule has 0 atom stereocenters. The summed E-state index contributed by atoms with van der Waals surface area (Å²) in [4.78, 5) is 20.8. The number of amides is 1. The lowest BCUT2D eigenvalue weighted by molar-refractivity contribution is 0.0954. The van der Waals surface area contributed by atoms with Gasteiger partial charge in [-0.05, 0) is 61.8 Å². The second kappa shape index (κ2) is 12.2. The number of aromatic nitrogens is 2. The Morgan fingerprint density at radius 1 is 1.12 bits per heavy atom. The van der Waals surface area contributed by atoms with Crippen LogP contribution in [0.15, 0.2) is 30.5 Å². The smallest absolute Gasteiger partial charge is 0.251 e. The van der Waals surface area contributed by atoms with Gasteiger partial charge < -0.3 is 38.1 Å². The van der Waals surface area contributed by atoms with Crippen LogP contribution in [-0.2, 0) is 6.54 Å². The van der Waals surface area contributed by atoms with Crippen LogP contribution in [0.4, 0.5) is 17.5 Å². The van der Waals surface area contributed by atoms with Crippen molar-refractivity contribution >= 4 is 23.4 Å². The Kier molecular flexibility index (Phi) is 9.02. The first kappa shape index (κ1) is 23.7. The maximum absolute atomic E-state index is 12.1. The molecule has 32 heavy (non-hydrogen) atoms. The van der Waals surface area contributed by atoms with E-state index in [-0.39, 0.29) is 5.91 Å². The Balaban J connectivity index is 1.57. The van der Waals surface area contributed by atoms with Crippen molar-refractivity contribution < 1.29 is 4.79 Å². The molecule has 1 aromatic carbocycles. The van der Waals surface area contributed by atoms with Crippen molar-refractivity contribution in [3.05, 3.63) is 46.8 Å². The van der Waals surface area contributed by atoms with E-state index in [1.165, 1.54) is 6.20 Å². The topological polar surface area (TPSA) is 166 Å². The third kappa shape index (κ3) is 6.78. The highest BCUT2D eigenvalue weighted by Crippen LogP contribution is 2.29. The van der Waals surface area contributed by atoms with Crippen molar-refractivity contribution in [2.24, 2.45) is 23.3 Å². The lowest BCUT2D eigenvalue weighted by Crippen LogP contribution is -2.29. The van der Waals surface area contributed by atoms with Gasteiger partial charge in [-0.15, -0.1) is 0 Å². The Hall–Kier alpha value is -2.95. The predicted molar refractivity (Wildman–Crippen MR) is 127 cm³/mol. The van der Waals surface area contributed by atoms with E-state index in [9.17, 15) is 10.0 Å². The van der Waals surface area contributed by atoms with Crippen molar-refractivity contribution in [2.75, 3.05) is 42.3 Å². The van der Waals surface area contributed by atoms with Gasteiger partial charge in [-0.2, -0.15) is 4.98 Å². The molecule has 0 unspecified atom stereocenters. The van der Waals surface area contributed by atoms with Crippen molar-refractivity contribution in [2.45, 2.75) is 32.2 Å². The average Bonchev–Trinajstić information content (AvgIpc) is 2.85. The van der Waals surface area contributed by atoms with E-state index in [1.54, 1.807) is 6.07 Å². The van der Waals surface area contributed by atoms with E-state index < -0.39 is 0 Å². The predicted octanol–water partition coefficient (Wildman–Crippen LogP) is 1.86. The highest BCUT2D eigenvalue weighted by molar-refractivity contribution is 5.94. The highest BCUT2D eigenvalue weighted by Gasteiger charge is 2.20. The van der Waals surface area contributed by atoms with Gasteiger partial charge in [0.25, 0.3) is 5.91 Å². The maximum Gasteiger partial charge on any atom is 0.251 e. The van der Waals surface area contributed by atoms with Crippen LogP contribution in [-0.4, -0.2) is 42.1 Å². The normalized spacial score (nSPS) is 18.1. The van der Waals surface area contributed by atoms with Gasteiger partial charge >= 0.3 is 0 Å². The molecule has 10 heteroatoms. The monoisotopic (exact) mass is 441 g/mol. The van der Waals surface area contributed by atoms with Crippen LogP contribution in [0, 0.1) is 17.0 Å². The van der Waals surface area contributed by atoms with E-state index in [2.05, 4.69) is 25.9 Å². The van der Waals surface area contributed by atoms with E-state index in [4.69, 9.17) is 11.5 Å². The molecular weight excluding hydrogens is 408 g/mol. The third-order valence-corrected chi connectivity index (χ3v) is 5.83. The minimum absolute atomic E-state index is 0.161. The van der Waals surface area contributed by atoms with Gasteiger partial charge in [0.1, 0.15) is 0 Å². The van der Waals surface area contributed by atoms with Gasteiger partial charge in [0.05, 0.1) is 11.9 Å². The first-order valence-corrected chi connectivity index (χ1v) is 11.1. The Morgan fingerprint density at radius 3 is 2.62 bits per heavy atom. The Labute approximate surface area is 188 Å². The molecule has 0 aliphatic heterocycles. The molecular formula is C22H33N8O2-. The highest BCUT2D eigenvalue weighted by atomic mass is 16.5. The second-order valence-electron chi connectivity index (χ2n) is 8.16. The minimum atomic E-state index is -0.161. The number of nitrogens with two attached hydrogens (primary N) is 2. The first-order valence-electron chi connectivity index (χ1n) is 11.1. The Bertz CT molecular complexity index is 871. The molecule has 8 N–H and O–H groups in total. The molecule has 0 spiro atoms. The first-order chi connectivity index (χ1) is 15.6. The van der Waals surface area contributed by atoms with Crippen LogP contribution < -0.4 is 32.9 Å². The number of carbonyl (C=O) groups excluding carboxylic acids is 1. The zero-order chi connectivity index (χ0) is 22.8. The molecule has 0 saturated heterocycles. The number of rotatable bonds is 11. The fourth-order valence-electron chi connectivity index (χ4n) is 3.88. The summed E-state index contributed by atoms with van der Waals surface area (Å²) in [6.07, 6.45) is 6.01. The van der Waals surface area contributed by atoms with Crippen molar-refractivity contribution in [3.63, 3.8) is 0 Å². The van der Waals surface area contributed by atoms with E-state index in [1.807, 2.05) is 23.7 Å². The molecule has 1 aromatic heterocycles. The molecule has 2 aromatic rings. The minimum Gasteiger partial charge on any atom is -0.761 e. The van der Waals surface area contributed by atoms with Crippen LogP contribution >= 0.6 is 0 Å². The number of anilines is 3. The van der Waals surface area contributed by atoms with Crippen LogP contribution in [0.2, 0.25) is 0 Å². The summed E-state index contributed by atoms with van der Waals surface area (Å²) in [6.45, 7) is 2.77. The summed E-state index contributed by atoms with van der Waals surface area (Å²) in [5.41, 5.74) is 14.9. The van der Waals surface area contributed by atoms with E-state index in [0.717, 1.165) is 44.3 Å². The molecule has 1 amide bonds. The van der Waals surface area contributed by atoms with Crippen molar-refractivity contribution in [3.8, 4) is 0 Å². The average molecular weight is 442 g/mol. The summed E-state index contributed by atoms with van der Waals surface area (Å²) in [5, 5.41) is 20.5. The molecule has 1 saturated carbocycles. The van der Waals surface area contributed by atoms with Crippen LogP contribution in [0.3, 0.4) is 0 Å². The van der Waals surface area contributed by atoms with Gasteiger partial charge in [-0.1, -0.05) is 12.1 Å². The summed E-state index contributed by atoms with van der Waals surface area (Å²) >= 11 is 0. The van der Waals surface area contributed by atoms with E-state index in [0.29, 0.717) is 54.5 Å². The number of hydrogen-bond acceptors (Lipinski definition) is 9. The van der Waals surface area contributed by atoms with E-state index >= 15 is 0 Å². The number of nitrogens with zero attached hydrogens (tertiary/aromatic N) is 2. The molecule has 1 heterocycles. The molecule has 0 radical (unpaired) electrons. The van der Waals surface area contributed by atoms with Gasteiger partial charge in [0.15, 0.2) is 5.82 Å². The quantitative estimate of drug-likeness (QED) is 0.285. The van der Waals surface area contributed by atoms with Crippen LogP contribution in [0.25, 0.3) is 0 Å². The van der Waals surface area contributed by atoms with Gasteiger partial charge in [0.2, 0.25) is 5.95 Å². The maximum atomic E-state index is 12.1. The number of carbonyl (C=O) groups is 1. The lowest BCUT2D eigenvalue weighted by Gasteiger charge is -2.28. The largest absolute Gasteiger partial charge is 0.761 e. The van der Waals surface area contributed by atoms with Crippen molar-refractivity contribution in [1.82, 2.24) is 15.3 Å². The lowest BCUT2D eigenvalue weighted by atomic mass is 9.82. The molecule has 1 aliphatic rings. The molecule has 0 bridgehead atoms. The zero-order valence-corrected chi connectivity index (χ0v) is 18.3. The fourth-order valence-corrected chi connectivity index (χ4v) is 3.88.